The third-order valence-corrected chi connectivity index (χ3v) is 3.18. The summed E-state index contributed by atoms with van der Waals surface area (Å²) in [6.45, 7) is 0.493. The third-order valence-electron chi connectivity index (χ3n) is 3.18. The van der Waals surface area contributed by atoms with Gasteiger partial charge in [-0.25, -0.2) is 4.39 Å². The molecule has 1 amide bonds. The van der Waals surface area contributed by atoms with Gasteiger partial charge in [0.25, 0.3) is 5.91 Å². The number of carbonyl (C=O) groups excluding carboxylic acids is 1. The molecule has 1 atom stereocenters. The summed E-state index contributed by atoms with van der Waals surface area (Å²) in [5, 5.41) is 2.75. The van der Waals surface area contributed by atoms with Crippen LogP contribution in [0, 0.1) is 5.82 Å². The molecule has 2 aromatic rings. The van der Waals surface area contributed by atoms with E-state index >= 15 is 0 Å². The zero-order valence-corrected chi connectivity index (χ0v) is 11.2. The minimum atomic E-state index is -0.680. The highest BCUT2D eigenvalue weighted by Crippen LogP contribution is 2.30. The van der Waals surface area contributed by atoms with Crippen LogP contribution in [0.5, 0.6) is 11.5 Å². The molecule has 21 heavy (non-hydrogen) atoms. The van der Waals surface area contributed by atoms with Gasteiger partial charge in [-0.15, -0.1) is 0 Å². The molecule has 2 aromatic carbocycles. The molecule has 0 aliphatic carbocycles. The number of hydrogen-bond acceptors (Lipinski definition) is 3. The minimum Gasteiger partial charge on any atom is -0.485 e. The van der Waals surface area contributed by atoms with Crippen molar-refractivity contribution < 1.29 is 18.7 Å². The molecule has 0 saturated carbocycles. The first-order valence-corrected chi connectivity index (χ1v) is 6.63. The lowest BCUT2D eigenvalue weighted by molar-refractivity contribution is -0.130. The van der Waals surface area contributed by atoms with Crippen molar-refractivity contribution in [1.29, 1.82) is 0 Å². The Morgan fingerprint density at radius 2 is 1.86 bits per heavy atom. The molecule has 1 heterocycles. The van der Waals surface area contributed by atoms with E-state index in [4.69, 9.17) is 9.47 Å². The molecule has 0 radical (unpaired) electrons. The first kappa shape index (κ1) is 13.4. The number of amides is 1. The van der Waals surface area contributed by atoms with Crippen molar-refractivity contribution in [3.05, 3.63) is 59.9 Å². The lowest BCUT2D eigenvalue weighted by atomic mass is 10.2. The second kappa shape index (κ2) is 5.83. The van der Waals surface area contributed by atoms with Gasteiger partial charge in [0.2, 0.25) is 6.10 Å². The number of rotatable bonds is 3. The fraction of sp³-hybridized carbons (Fsp3) is 0.188. The molecule has 0 spiro atoms. The normalized spacial score (nSPS) is 16.3. The Bertz CT molecular complexity index is 642. The summed E-state index contributed by atoms with van der Waals surface area (Å²) in [4.78, 5) is 12.1. The molecule has 0 fully saturated rings. The van der Waals surface area contributed by atoms with Gasteiger partial charge < -0.3 is 14.8 Å². The van der Waals surface area contributed by atoms with Crippen molar-refractivity contribution in [3.63, 3.8) is 0 Å². The predicted octanol–water partition coefficient (Wildman–Crippen LogP) is 2.28. The van der Waals surface area contributed by atoms with Gasteiger partial charge in [0, 0.05) is 6.54 Å². The van der Waals surface area contributed by atoms with Crippen molar-refractivity contribution in [3.8, 4) is 11.5 Å². The Morgan fingerprint density at radius 3 is 2.62 bits per heavy atom. The maximum Gasteiger partial charge on any atom is 0.264 e. The molecule has 1 aliphatic heterocycles. The fourth-order valence-electron chi connectivity index (χ4n) is 2.05. The first-order valence-electron chi connectivity index (χ1n) is 6.63. The lowest BCUT2D eigenvalue weighted by Gasteiger charge is -2.25. The van der Waals surface area contributed by atoms with Crippen LogP contribution in [-0.4, -0.2) is 18.6 Å². The molecule has 1 aliphatic rings. The van der Waals surface area contributed by atoms with Gasteiger partial charge in [0.15, 0.2) is 11.5 Å². The monoisotopic (exact) mass is 287 g/mol. The standard InChI is InChI=1S/C16H14FNO3/c17-12-7-5-11(6-8-12)9-18-16(19)15-10-20-13-3-1-2-4-14(13)21-15/h1-8,15H,9-10H2,(H,18,19)/t15-/m0/s1. The van der Waals surface area contributed by atoms with Crippen LogP contribution >= 0.6 is 0 Å². The van der Waals surface area contributed by atoms with Crippen LogP contribution in [0.3, 0.4) is 0 Å². The maximum atomic E-state index is 12.8. The molecule has 0 saturated heterocycles. The lowest BCUT2D eigenvalue weighted by Crippen LogP contribution is -2.43. The number of hydrogen-bond donors (Lipinski definition) is 1. The van der Waals surface area contributed by atoms with Crippen LogP contribution < -0.4 is 14.8 Å². The van der Waals surface area contributed by atoms with Crippen molar-refractivity contribution in [1.82, 2.24) is 5.32 Å². The van der Waals surface area contributed by atoms with Gasteiger partial charge in [-0.1, -0.05) is 24.3 Å². The van der Waals surface area contributed by atoms with E-state index in [1.165, 1.54) is 12.1 Å². The van der Waals surface area contributed by atoms with Gasteiger partial charge >= 0.3 is 0 Å². The number of para-hydroxylation sites is 2. The SMILES string of the molecule is O=C(NCc1ccc(F)cc1)[C@@H]1COc2ccccc2O1. The Labute approximate surface area is 121 Å². The van der Waals surface area contributed by atoms with E-state index in [1.54, 1.807) is 24.3 Å². The van der Waals surface area contributed by atoms with Crippen LogP contribution in [0.1, 0.15) is 5.56 Å². The van der Waals surface area contributed by atoms with Crippen LogP contribution in [-0.2, 0) is 11.3 Å². The zero-order valence-electron chi connectivity index (χ0n) is 11.2. The number of nitrogens with one attached hydrogen (secondary N) is 1. The number of fused-ring (bicyclic) bond motifs is 1. The molecule has 108 valence electrons. The summed E-state index contributed by atoms with van der Waals surface area (Å²) in [6.07, 6.45) is -0.680. The Hall–Kier alpha value is -2.56. The van der Waals surface area contributed by atoms with Crippen LogP contribution in [0.15, 0.2) is 48.5 Å². The summed E-state index contributed by atoms with van der Waals surface area (Å²) in [5.74, 6) is 0.644. The van der Waals surface area contributed by atoms with Crippen LogP contribution in [0.25, 0.3) is 0 Å². The third kappa shape index (κ3) is 3.13. The van der Waals surface area contributed by atoms with Gasteiger partial charge in [-0.2, -0.15) is 0 Å². The van der Waals surface area contributed by atoms with E-state index in [9.17, 15) is 9.18 Å². The Balaban J connectivity index is 1.58. The van der Waals surface area contributed by atoms with E-state index in [-0.39, 0.29) is 18.3 Å². The van der Waals surface area contributed by atoms with E-state index in [0.717, 1.165) is 5.56 Å². The molecule has 1 N–H and O–H groups in total. The largest absolute Gasteiger partial charge is 0.485 e. The maximum absolute atomic E-state index is 12.8. The summed E-state index contributed by atoms with van der Waals surface area (Å²) >= 11 is 0. The highest BCUT2D eigenvalue weighted by molar-refractivity contribution is 5.81. The van der Waals surface area contributed by atoms with Crippen LogP contribution in [0.4, 0.5) is 4.39 Å². The number of benzene rings is 2. The molecular formula is C16H14FNO3. The molecule has 0 bridgehead atoms. The average molecular weight is 287 g/mol. The zero-order chi connectivity index (χ0) is 14.7. The highest BCUT2D eigenvalue weighted by Gasteiger charge is 2.26. The van der Waals surface area contributed by atoms with Crippen LogP contribution in [0.2, 0.25) is 0 Å². The molecule has 5 heteroatoms. The van der Waals surface area contributed by atoms with Crippen molar-refractivity contribution >= 4 is 5.91 Å². The summed E-state index contributed by atoms with van der Waals surface area (Å²) in [6, 6.07) is 13.2. The summed E-state index contributed by atoms with van der Waals surface area (Å²) in [7, 11) is 0. The molecule has 4 nitrogen and oxygen atoms in total. The molecule has 0 unspecified atom stereocenters. The predicted molar refractivity (Wildman–Crippen MR) is 74.6 cm³/mol. The van der Waals surface area contributed by atoms with E-state index in [1.807, 2.05) is 12.1 Å². The van der Waals surface area contributed by atoms with Crippen molar-refractivity contribution in [2.75, 3.05) is 6.61 Å². The van der Waals surface area contributed by atoms with Gasteiger partial charge in [0.1, 0.15) is 12.4 Å². The van der Waals surface area contributed by atoms with Gasteiger partial charge in [-0.05, 0) is 29.8 Å². The first-order chi connectivity index (χ1) is 10.2. The average Bonchev–Trinajstić information content (AvgIpc) is 2.53. The summed E-state index contributed by atoms with van der Waals surface area (Å²) in [5.41, 5.74) is 0.821. The highest BCUT2D eigenvalue weighted by atomic mass is 19.1. The number of ether oxygens (including phenoxy) is 2. The minimum absolute atomic E-state index is 0.173. The second-order valence-electron chi connectivity index (χ2n) is 4.71. The Morgan fingerprint density at radius 1 is 1.14 bits per heavy atom. The number of halogens is 1. The fourth-order valence-corrected chi connectivity index (χ4v) is 2.05. The topological polar surface area (TPSA) is 47.6 Å². The smallest absolute Gasteiger partial charge is 0.264 e. The second-order valence-corrected chi connectivity index (χ2v) is 4.71. The van der Waals surface area contributed by atoms with E-state index in [0.29, 0.717) is 18.0 Å². The Kier molecular flexibility index (Phi) is 3.73. The van der Waals surface area contributed by atoms with Crippen molar-refractivity contribution in [2.45, 2.75) is 12.6 Å². The van der Waals surface area contributed by atoms with Crippen molar-refractivity contribution in [2.24, 2.45) is 0 Å². The molecule has 0 aromatic heterocycles. The van der Waals surface area contributed by atoms with E-state index < -0.39 is 6.10 Å². The number of carbonyl (C=O) groups is 1. The molecule has 3 rings (SSSR count). The van der Waals surface area contributed by atoms with E-state index in [2.05, 4.69) is 5.32 Å². The summed E-state index contributed by atoms with van der Waals surface area (Å²) < 4.78 is 23.9. The van der Waals surface area contributed by atoms with Gasteiger partial charge in [0.05, 0.1) is 0 Å². The molecular weight excluding hydrogens is 273 g/mol. The van der Waals surface area contributed by atoms with Gasteiger partial charge in [-0.3, -0.25) is 4.79 Å². The quantitative estimate of drug-likeness (QED) is 0.942.